The number of methoxy groups -OCH3 is 1. The summed E-state index contributed by atoms with van der Waals surface area (Å²) in [6.07, 6.45) is 1.97. The van der Waals surface area contributed by atoms with E-state index in [1.807, 2.05) is 71.6 Å². The number of thiocarbonyl (C=S) groups is 1. The number of carbonyl (C=O) groups excluding carboxylic acids is 1. The summed E-state index contributed by atoms with van der Waals surface area (Å²) >= 11 is 11.8. The van der Waals surface area contributed by atoms with Crippen molar-refractivity contribution in [2.75, 3.05) is 19.0 Å². The average Bonchev–Trinajstić information content (AvgIpc) is 3.53. The van der Waals surface area contributed by atoms with Crippen molar-refractivity contribution >= 4 is 40.5 Å². The average molecular weight is 533 g/mol. The molecule has 9 heteroatoms. The summed E-state index contributed by atoms with van der Waals surface area (Å²) in [6, 6.07) is 23.9. The molecule has 1 aliphatic heterocycles. The van der Waals surface area contributed by atoms with Gasteiger partial charge in [-0.1, -0.05) is 29.8 Å². The third-order valence-corrected chi connectivity index (χ3v) is 6.81. The number of pyridine rings is 1. The Morgan fingerprint density at radius 2 is 1.89 bits per heavy atom. The van der Waals surface area contributed by atoms with Crippen molar-refractivity contribution in [3.63, 3.8) is 0 Å². The van der Waals surface area contributed by atoms with Gasteiger partial charge in [0.2, 0.25) is 5.91 Å². The van der Waals surface area contributed by atoms with Gasteiger partial charge in [0.25, 0.3) is 0 Å². The molecule has 37 heavy (non-hydrogen) atoms. The molecule has 4 aromatic rings. The van der Waals surface area contributed by atoms with Crippen molar-refractivity contribution in [2.45, 2.75) is 18.5 Å². The maximum Gasteiger partial charge on any atom is 0.226 e. The third-order valence-electron chi connectivity index (χ3n) is 6.21. The van der Waals surface area contributed by atoms with Crippen LogP contribution in [-0.2, 0) is 4.79 Å². The molecule has 0 unspecified atom stereocenters. The Hall–Kier alpha value is -3.88. The van der Waals surface area contributed by atoms with Gasteiger partial charge in [-0.2, -0.15) is 0 Å². The number of ether oxygens (including phenoxy) is 1. The maximum absolute atomic E-state index is 12.9. The molecule has 3 heterocycles. The van der Waals surface area contributed by atoms with E-state index in [1.54, 1.807) is 25.4 Å². The first kappa shape index (κ1) is 24.8. The van der Waals surface area contributed by atoms with Gasteiger partial charge in [0.05, 0.1) is 24.5 Å². The fourth-order valence-corrected chi connectivity index (χ4v) is 4.88. The standard InChI is InChI=1S/C28H25ClN4O3S/c1-35-23-8-3-2-6-20(23)31-25(34)15-17-33-27(26(32-28(33)37)21-7-4-5-16-30-21)24-14-13-22(36-24)18-9-11-19(29)12-10-18/h2-14,16,26-27H,15,17H2,1H3,(H,31,34)(H,32,37)/t26-,27+/m1/s1. The molecule has 2 aromatic heterocycles. The minimum Gasteiger partial charge on any atom is -0.495 e. The molecule has 0 saturated carbocycles. The summed E-state index contributed by atoms with van der Waals surface area (Å²) in [5.41, 5.74) is 2.38. The number of benzene rings is 2. The zero-order chi connectivity index (χ0) is 25.8. The highest BCUT2D eigenvalue weighted by atomic mass is 35.5. The van der Waals surface area contributed by atoms with Crippen LogP contribution in [0.1, 0.15) is 30.0 Å². The number of amides is 1. The number of hydrogen-bond acceptors (Lipinski definition) is 5. The highest BCUT2D eigenvalue weighted by Gasteiger charge is 2.41. The van der Waals surface area contributed by atoms with Crippen LogP contribution in [0.2, 0.25) is 5.02 Å². The molecule has 1 saturated heterocycles. The first-order valence-electron chi connectivity index (χ1n) is 11.8. The molecule has 1 amide bonds. The second-order valence-corrected chi connectivity index (χ2v) is 9.35. The van der Waals surface area contributed by atoms with Crippen LogP contribution in [0.4, 0.5) is 5.69 Å². The van der Waals surface area contributed by atoms with Gasteiger partial charge in [0.1, 0.15) is 23.3 Å². The van der Waals surface area contributed by atoms with Crippen molar-refractivity contribution in [1.82, 2.24) is 15.2 Å². The summed E-state index contributed by atoms with van der Waals surface area (Å²) in [4.78, 5) is 19.4. The highest BCUT2D eigenvalue weighted by Crippen LogP contribution is 2.40. The van der Waals surface area contributed by atoms with E-state index >= 15 is 0 Å². The van der Waals surface area contributed by atoms with E-state index in [-0.39, 0.29) is 24.4 Å². The summed E-state index contributed by atoms with van der Waals surface area (Å²) < 4.78 is 11.7. The molecule has 5 rings (SSSR count). The van der Waals surface area contributed by atoms with Gasteiger partial charge in [-0.05, 0) is 72.9 Å². The molecule has 0 radical (unpaired) electrons. The molecule has 188 valence electrons. The van der Waals surface area contributed by atoms with E-state index < -0.39 is 0 Å². The van der Waals surface area contributed by atoms with Gasteiger partial charge < -0.3 is 24.7 Å². The number of nitrogens with zero attached hydrogens (tertiary/aromatic N) is 2. The second-order valence-electron chi connectivity index (χ2n) is 8.53. The van der Waals surface area contributed by atoms with Crippen LogP contribution in [0, 0.1) is 0 Å². The van der Waals surface area contributed by atoms with Crippen molar-refractivity contribution in [2.24, 2.45) is 0 Å². The summed E-state index contributed by atoms with van der Waals surface area (Å²) in [7, 11) is 1.57. The number of halogens is 1. The van der Waals surface area contributed by atoms with E-state index in [9.17, 15) is 4.79 Å². The number of furan rings is 1. The van der Waals surface area contributed by atoms with Gasteiger partial charge >= 0.3 is 0 Å². The van der Waals surface area contributed by atoms with Crippen LogP contribution in [0.25, 0.3) is 11.3 Å². The Balaban J connectivity index is 1.39. The first-order valence-corrected chi connectivity index (χ1v) is 12.6. The second kappa shape index (κ2) is 11.0. The van der Waals surface area contributed by atoms with E-state index in [4.69, 9.17) is 33.0 Å². The van der Waals surface area contributed by atoms with Crippen LogP contribution >= 0.6 is 23.8 Å². The lowest BCUT2D eigenvalue weighted by molar-refractivity contribution is -0.116. The van der Waals surface area contributed by atoms with Crippen molar-refractivity contribution in [3.8, 4) is 17.1 Å². The molecule has 0 aliphatic carbocycles. The summed E-state index contributed by atoms with van der Waals surface area (Å²) in [5.74, 6) is 1.90. The van der Waals surface area contributed by atoms with Crippen molar-refractivity contribution in [3.05, 3.63) is 102 Å². The molecule has 1 fully saturated rings. The highest BCUT2D eigenvalue weighted by molar-refractivity contribution is 7.80. The predicted octanol–water partition coefficient (Wildman–Crippen LogP) is 6.00. The van der Waals surface area contributed by atoms with Crippen LogP contribution in [0.3, 0.4) is 0 Å². The van der Waals surface area contributed by atoms with Crippen molar-refractivity contribution < 1.29 is 13.9 Å². The zero-order valence-electron chi connectivity index (χ0n) is 20.1. The zero-order valence-corrected chi connectivity index (χ0v) is 21.6. The Morgan fingerprint density at radius 3 is 2.65 bits per heavy atom. The molecule has 2 atom stereocenters. The smallest absolute Gasteiger partial charge is 0.226 e. The monoisotopic (exact) mass is 532 g/mol. The molecular formula is C28H25ClN4O3S. The Morgan fingerprint density at radius 1 is 1.11 bits per heavy atom. The molecule has 0 spiro atoms. The number of nitrogens with one attached hydrogen (secondary N) is 2. The fourth-order valence-electron chi connectivity index (χ4n) is 4.42. The van der Waals surface area contributed by atoms with Crippen molar-refractivity contribution in [1.29, 1.82) is 0 Å². The SMILES string of the molecule is COc1ccccc1NC(=O)CCN1C(=S)N[C@H](c2ccccn2)[C@@H]1c1ccc(-c2ccc(Cl)cc2)o1. The number of aromatic nitrogens is 1. The Kier molecular flexibility index (Phi) is 7.39. The number of anilines is 1. The number of para-hydroxylation sites is 2. The van der Waals surface area contributed by atoms with Gasteiger partial charge in [-0.3, -0.25) is 9.78 Å². The minimum atomic E-state index is -0.289. The van der Waals surface area contributed by atoms with E-state index in [0.717, 1.165) is 22.8 Å². The van der Waals surface area contributed by atoms with Gasteiger partial charge in [-0.25, -0.2) is 0 Å². The number of rotatable bonds is 8. The lowest BCUT2D eigenvalue weighted by Gasteiger charge is -2.26. The van der Waals surface area contributed by atoms with Crippen LogP contribution < -0.4 is 15.4 Å². The first-order chi connectivity index (χ1) is 18.0. The quantitative estimate of drug-likeness (QED) is 0.269. The Labute approximate surface area is 225 Å². The van der Waals surface area contributed by atoms with Crippen LogP contribution in [0.15, 0.2) is 89.5 Å². The summed E-state index contributed by atoms with van der Waals surface area (Å²) in [6.45, 7) is 0.387. The van der Waals surface area contributed by atoms with E-state index in [1.165, 1.54) is 0 Å². The van der Waals surface area contributed by atoms with Gasteiger partial charge in [0, 0.05) is 29.7 Å². The van der Waals surface area contributed by atoms with E-state index in [0.29, 0.717) is 28.1 Å². The molecule has 2 aromatic carbocycles. The number of hydrogen-bond donors (Lipinski definition) is 2. The Bertz CT molecular complexity index is 1390. The summed E-state index contributed by atoms with van der Waals surface area (Å²) in [5, 5.41) is 7.51. The maximum atomic E-state index is 12.9. The normalized spacial score (nSPS) is 16.9. The predicted molar refractivity (Wildman–Crippen MR) is 148 cm³/mol. The molecule has 0 bridgehead atoms. The van der Waals surface area contributed by atoms with E-state index in [2.05, 4.69) is 15.6 Å². The minimum absolute atomic E-state index is 0.145. The fraction of sp³-hybridized carbons (Fsp3) is 0.179. The largest absolute Gasteiger partial charge is 0.495 e. The van der Waals surface area contributed by atoms with Crippen LogP contribution in [-0.4, -0.2) is 34.6 Å². The lowest BCUT2D eigenvalue weighted by atomic mass is 10.0. The van der Waals surface area contributed by atoms with Crippen LogP contribution in [0.5, 0.6) is 5.75 Å². The number of carbonyl (C=O) groups is 1. The third kappa shape index (κ3) is 5.45. The van der Waals surface area contributed by atoms with Gasteiger partial charge in [0.15, 0.2) is 5.11 Å². The lowest BCUT2D eigenvalue weighted by Crippen LogP contribution is -2.32. The van der Waals surface area contributed by atoms with Gasteiger partial charge in [-0.15, -0.1) is 0 Å². The topological polar surface area (TPSA) is 79.6 Å². The molecular weight excluding hydrogens is 508 g/mol. The molecule has 1 aliphatic rings. The molecule has 7 nitrogen and oxygen atoms in total. The molecule has 2 N–H and O–H groups in total.